The molecule has 0 radical (unpaired) electrons. The number of carbonyl (C=O) groups excluding carboxylic acids is 4. The number of carbonyl (C=O) groups is 5. The van der Waals surface area contributed by atoms with Crippen LogP contribution in [0.15, 0.2) is 43.1 Å². The lowest BCUT2D eigenvalue weighted by Gasteiger charge is -2.29. The summed E-state index contributed by atoms with van der Waals surface area (Å²) in [5.74, 6) is 2.62. The Hall–Kier alpha value is -5.17. The molecule has 3 aliphatic rings. The molecule has 0 unspecified atom stereocenters. The predicted octanol–water partition coefficient (Wildman–Crippen LogP) is 2.30. The first-order valence-electron chi connectivity index (χ1n) is 16.9. The van der Waals surface area contributed by atoms with Gasteiger partial charge in [-0.05, 0) is 82.0 Å². The van der Waals surface area contributed by atoms with E-state index < -0.39 is 79.9 Å². The van der Waals surface area contributed by atoms with Gasteiger partial charge >= 0.3 is 6.09 Å². The number of methoxy groups -OCH3 is 1. The monoisotopic (exact) mass is 737 g/mol. The Morgan fingerprint density at radius 3 is 2.54 bits per heavy atom. The summed E-state index contributed by atoms with van der Waals surface area (Å²) in [7, 11) is -2.40. The van der Waals surface area contributed by atoms with Crippen molar-refractivity contribution in [2.75, 3.05) is 13.7 Å². The lowest BCUT2D eigenvalue weighted by atomic mass is 9.97. The maximum atomic E-state index is 14.1. The van der Waals surface area contributed by atoms with Crippen molar-refractivity contribution in [3.05, 3.63) is 43.1 Å². The van der Waals surface area contributed by atoms with Gasteiger partial charge in [-0.3, -0.25) is 23.9 Å². The fourth-order valence-corrected chi connectivity index (χ4v) is 7.47. The lowest BCUT2D eigenvalue weighted by molar-refractivity contribution is -0.141. The third-order valence-electron chi connectivity index (χ3n) is 9.14. The minimum absolute atomic E-state index is 0.0825. The Morgan fingerprint density at radius 1 is 1.19 bits per heavy atom. The molecule has 2 saturated carbocycles. The van der Waals surface area contributed by atoms with Gasteiger partial charge in [0, 0.05) is 35.8 Å². The van der Waals surface area contributed by atoms with E-state index in [4.69, 9.17) is 9.47 Å². The second kappa shape index (κ2) is 14.8. The summed E-state index contributed by atoms with van der Waals surface area (Å²) < 4.78 is 38.9. The van der Waals surface area contributed by atoms with E-state index in [1.165, 1.54) is 19.4 Å². The van der Waals surface area contributed by atoms with Crippen LogP contribution >= 0.6 is 0 Å². The number of likely N-dealkylation sites (tertiary alicyclic amines) is 1. The second-order valence-corrected chi connectivity index (χ2v) is 16.3. The van der Waals surface area contributed by atoms with Crippen LogP contribution in [0.25, 0.3) is 10.8 Å². The number of rotatable bonds is 14. The number of hydrogen-bond acceptors (Lipinski definition) is 10. The van der Waals surface area contributed by atoms with E-state index in [1.54, 1.807) is 24.3 Å². The number of pyridine rings is 1. The molecule has 2 aliphatic carbocycles. The van der Waals surface area contributed by atoms with Crippen molar-refractivity contribution in [2.24, 2.45) is 11.3 Å². The van der Waals surface area contributed by atoms with E-state index in [2.05, 4.69) is 38.8 Å². The number of benzene rings is 1. The highest BCUT2D eigenvalue weighted by Crippen LogP contribution is 2.45. The summed E-state index contributed by atoms with van der Waals surface area (Å²) in [4.78, 5) is 71.5. The van der Waals surface area contributed by atoms with Crippen molar-refractivity contribution >= 4 is 50.4 Å². The van der Waals surface area contributed by atoms with Crippen molar-refractivity contribution < 1.29 is 47.0 Å². The Bertz CT molecular complexity index is 1960. The predicted molar refractivity (Wildman–Crippen MR) is 189 cm³/mol. The number of aromatic nitrogens is 1. The van der Waals surface area contributed by atoms with Gasteiger partial charge in [0.05, 0.1) is 18.9 Å². The molecule has 0 spiro atoms. The molecule has 52 heavy (non-hydrogen) atoms. The van der Waals surface area contributed by atoms with Crippen LogP contribution in [0.2, 0.25) is 0 Å². The fraction of sp³-hybridized carbons (Fsp3) is 0.500. The van der Waals surface area contributed by atoms with Gasteiger partial charge in [0.15, 0.2) is 0 Å². The number of sulfonamides is 1. The topological polar surface area (TPSA) is 210 Å². The van der Waals surface area contributed by atoms with E-state index in [0.29, 0.717) is 24.0 Å². The Morgan fingerprint density at radius 2 is 1.92 bits per heavy atom. The van der Waals surface area contributed by atoms with E-state index in [0.717, 1.165) is 10.3 Å². The van der Waals surface area contributed by atoms with Crippen LogP contribution in [-0.2, 0) is 29.2 Å². The van der Waals surface area contributed by atoms with E-state index in [1.807, 2.05) is 20.8 Å². The molecular weight excluding hydrogens is 694 g/mol. The molecular formula is C36H43N5O10S. The Labute approximate surface area is 301 Å². The van der Waals surface area contributed by atoms with Gasteiger partial charge in [-0.1, -0.05) is 12.0 Å². The maximum Gasteiger partial charge on any atom is 0.405 e. The second-order valence-electron chi connectivity index (χ2n) is 14.3. The smallest absolute Gasteiger partial charge is 0.405 e. The van der Waals surface area contributed by atoms with Gasteiger partial charge in [0.1, 0.15) is 29.5 Å². The van der Waals surface area contributed by atoms with Gasteiger partial charge in [-0.2, -0.15) is 0 Å². The summed E-state index contributed by atoms with van der Waals surface area (Å²) >= 11 is 0. The molecule has 3 fully saturated rings. The normalized spacial score (nSPS) is 23.0. The summed E-state index contributed by atoms with van der Waals surface area (Å²) in [6.07, 6.45) is 1.00. The Kier molecular flexibility index (Phi) is 10.9. The molecule has 5 atom stereocenters. The summed E-state index contributed by atoms with van der Waals surface area (Å²) in [6, 6.07) is 4.33. The van der Waals surface area contributed by atoms with Crippen LogP contribution in [-0.4, -0.2) is 95.6 Å². The third kappa shape index (κ3) is 8.82. The number of nitrogens with one attached hydrogen (secondary N) is 3. The molecule has 5 rings (SSSR count). The number of nitrogens with zero attached hydrogens (tertiary/aromatic N) is 2. The molecule has 2 aromatic rings. The first kappa shape index (κ1) is 38.1. The number of fused-ring (bicyclic) bond motifs is 1. The largest absolute Gasteiger partial charge is 0.497 e. The zero-order chi connectivity index (χ0) is 38.0. The molecule has 4 N–H and O–H groups in total. The highest BCUT2D eigenvalue weighted by atomic mass is 32.2. The minimum atomic E-state index is -3.94. The molecule has 1 aromatic heterocycles. The zero-order valence-corrected chi connectivity index (χ0v) is 30.2. The lowest BCUT2D eigenvalue weighted by Crippen LogP contribution is -2.58. The SMILES string of the molecule is C=C[C@@H]1C[C@]1(NC(=O)[C@@H]1C[C@@H](Oc2nccc3cc(OC)ccc23)CN1C(=O)[C@H](CCC(=O)C#CC(C)(C)C)NC(=O)O)C(=O)NS(=O)(=O)C1CC1. The molecule has 16 heteroatoms. The van der Waals surface area contributed by atoms with E-state index in [9.17, 15) is 37.5 Å². The van der Waals surface area contributed by atoms with Gasteiger partial charge in [0.25, 0.3) is 5.91 Å². The minimum Gasteiger partial charge on any atom is -0.497 e. The van der Waals surface area contributed by atoms with Crippen LogP contribution in [0.4, 0.5) is 4.79 Å². The van der Waals surface area contributed by atoms with Crippen molar-refractivity contribution in [3.63, 3.8) is 0 Å². The molecule has 1 aliphatic heterocycles. The van der Waals surface area contributed by atoms with Gasteiger partial charge in [0.2, 0.25) is 33.5 Å². The number of ether oxygens (including phenoxy) is 2. The van der Waals surface area contributed by atoms with Gasteiger partial charge in [-0.15, -0.1) is 6.58 Å². The van der Waals surface area contributed by atoms with Crippen LogP contribution in [0, 0.1) is 23.2 Å². The van der Waals surface area contributed by atoms with Crippen molar-refractivity contribution in [1.82, 2.24) is 25.2 Å². The zero-order valence-electron chi connectivity index (χ0n) is 29.4. The molecule has 1 aromatic carbocycles. The van der Waals surface area contributed by atoms with E-state index >= 15 is 0 Å². The molecule has 1 saturated heterocycles. The van der Waals surface area contributed by atoms with Crippen LogP contribution < -0.4 is 24.8 Å². The summed E-state index contributed by atoms with van der Waals surface area (Å²) in [6.45, 7) is 9.01. The number of hydrogen-bond donors (Lipinski definition) is 4. The molecule has 15 nitrogen and oxygen atoms in total. The van der Waals surface area contributed by atoms with E-state index in [-0.39, 0.29) is 38.1 Å². The summed E-state index contributed by atoms with van der Waals surface area (Å²) in [5, 5.41) is 15.2. The van der Waals surface area contributed by atoms with Crippen molar-refractivity contribution in [1.29, 1.82) is 0 Å². The first-order valence-corrected chi connectivity index (χ1v) is 18.5. The van der Waals surface area contributed by atoms with Crippen LogP contribution in [0.1, 0.15) is 59.3 Å². The number of Topliss-reactive ketones (excluding diaryl/α,β-unsaturated/α-hetero) is 1. The number of amides is 4. The average molecular weight is 738 g/mol. The van der Waals surface area contributed by atoms with Crippen molar-refractivity contribution in [2.45, 2.75) is 88.3 Å². The van der Waals surface area contributed by atoms with Gasteiger partial charge in [-0.25, -0.2) is 18.2 Å². The number of carboxylic acid groups (broad SMARTS) is 1. The van der Waals surface area contributed by atoms with Crippen LogP contribution in [0.3, 0.4) is 0 Å². The first-order chi connectivity index (χ1) is 24.5. The fourth-order valence-electron chi connectivity index (χ4n) is 6.10. The Balaban J connectivity index is 1.42. The maximum absolute atomic E-state index is 14.1. The number of ketones is 1. The standard InChI is InChI=1S/C36H43N5O10S/c1-6-22-19-36(22,33(45)40-52(48,49)26-9-10-26)39-30(43)29-18-25(51-31-27-11-8-24(50-5)17-21(27)14-16-37-31)20-41(29)32(44)28(38-34(46)47)12-7-23(42)13-15-35(2,3)4/h6,8,11,14,16-17,22,25-26,28-29,38H,1,7,9-10,12,18-20H2,2-5H3,(H,39,43)(H,40,45)(H,46,47)/t22-,25-,28+,29+,36-/m1/s1. The molecule has 4 amide bonds. The van der Waals surface area contributed by atoms with Crippen LogP contribution in [0.5, 0.6) is 11.6 Å². The highest BCUT2D eigenvalue weighted by molar-refractivity contribution is 7.91. The highest BCUT2D eigenvalue weighted by Gasteiger charge is 2.62. The summed E-state index contributed by atoms with van der Waals surface area (Å²) in [5.41, 5.74) is -2.08. The molecule has 278 valence electrons. The molecule has 2 heterocycles. The van der Waals surface area contributed by atoms with Crippen molar-refractivity contribution in [3.8, 4) is 23.5 Å². The quantitative estimate of drug-likeness (QED) is 0.126. The van der Waals surface area contributed by atoms with Gasteiger partial charge < -0.3 is 30.1 Å². The average Bonchev–Trinajstić information content (AvgIpc) is 4.01. The molecule has 0 bridgehead atoms. The third-order valence-corrected chi connectivity index (χ3v) is 11.0.